The van der Waals surface area contributed by atoms with E-state index < -0.39 is 29.7 Å². The van der Waals surface area contributed by atoms with Gasteiger partial charge in [-0.15, -0.1) is 6.58 Å². The van der Waals surface area contributed by atoms with Crippen molar-refractivity contribution >= 4 is 0 Å². The molecule has 0 spiro atoms. The molecule has 1 saturated heterocycles. The molecule has 3 atom stereocenters. The largest absolute Gasteiger partial charge is 0.394 e. The van der Waals surface area contributed by atoms with Crippen molar-refractivity contribution in [3.63, 3.8) is 0 Å². The van der Waals surface area contributed by atoms with Gasteiger partial charge in [0.2, 0.25) is 0 Å². The summed E-state index contributed by atoms with van der Waals surface area (Å²) in [6.45, 7) is 3.63. The van der Waals surface area contributed by atoms with Crippen LogP contribution in [0.5, 0.6) is 0 Å². The first-order chi connectivity index (χ1) is 9.53. The molecule has 1 aromatic heterocycles. The zero-order chi connectivity index (χ0) is 15.1. The highest BCUT2D eigenvalue weighted by molar-refractivity contribution is 4.88. The normalized spacial score (nSPS) is 24.9. The average molecular weight is 285 g/mol. The average Bonchev–Trinajstić information content (AvgIpc) is 2.80. The maximum atomic E-state index is 11.4. The van der Waals surface area contributed by atoms with Crippen LogP contribution in [0.2, 0.25) is 0 Å². The fraction of sp³-hybridized carbons (Fsp3) is 0.500. The molecule has 2 rings (SSSR count). The predicted octanol–water partition coefficient (Wildman–Crippen LogP) is -1.69. The fourth-order valence-electron chi connectivity index (χ4n) is 1.70. The SMILES string of the molecule is C=CCN.O=c1ccn([C@H]2C[C@H](O)[C@@H](CO)O2)c(=O)[nH]1. The van der Waals surface area contributed by atoms with Gasteiger partial charge >= 0.3 is 5.69 Å². The van der Waals surface area contributed by atoms with Crippen LogP contribution in [0.4, 0.5) is 0 Å². The first-order valence-electron chi connectivity index (χ1n) is 6.10. The lowest BCUT2D eigenvalue weighted by Crippen LogP contribution is -2.31. The Balaban J connectivity index is 0.000000444. The molecule has 1 aromatic rings. The maximum Gasteiger partial charge on any atom is 0.330 e. The van der Waals surface area contributed by atoms with E-state index >= 15 is 0 Å². The quantitative estimate of drug-likeness (QED) is 0.490. The summed E-state index contributed by atoms with van der Waals surface area (Å²) in [6.07, 6.45) is 1.00. The number of nitrogens with one attached hydrogen (secondary N) is 1. The fourth-order valence-corrected chi connectivity index (χ4v) is 1.70. The van der Waals surface area contributed by atoms with E-state index in [1.807, 2.05) is 0 Å². The molecular weight excluding hydrogens is 266 g/mol. The van der Waals surface area contributed by atoms with E-state index in [2.05, 4.69) is 11.6 Å². The lowest BCUT2D eigenvalue weighted by molar-refractivity contribution is -0.0459. The third-order valence-electron chi connectivity index (χ3n) is 2.71. The predicted molar refractivity (Wildman–Crippen MR) is 72.2 cm³/mol. The molecule has 1 aliphatic heterocycles. The highest BCUT2D eigenvalue weighted by Gasteiger charge is 2.34. The van der Waals surface area contributed by atoms with Crippen molar-refractivity contribution in [3.8, 4) is 0 Å². The first kappa shape index (κ1) is 16.3. The number of aromatic amines is 1. The number of H-pyrrole nitrogens is 1. The van der Waals surface area contributed by atoms with Crippen molar-refractivity contribution in [2.75, 3.05) is 13.2 Å². The Bertz CT molecular complexity index is 538. The Hall–Kier alpha value is -1.74. The van der Waals surface area contributed by atoms with Gasteiger partial charge in [-0.2, -0.15) is 0 Å². The Morgan fingerprint density at radius 2 is 2.25 bits per heavy atom. The van der Waals surface area contributed by atoms with Crippen LogP contribution >= 0.6 is 0 Å². The molecule has 0 aromatic carbocycles. The van der Waals surface area contributed by atoms with Gasteiger partial charge in [0.25, 0.3) is 5.56 Å². The number of hydrogen-bond acceptors (Lipinski definition) is 6. The van der Waals surface area contributed by atoms with E-state index in [0.717, 1.165) is 0 Å². The standard InChI is InChI=1S/C9H12N2O5.C3H7N/c12-4-6-5(13)3-8(16-6)11-2-1-7(14)10-9(11)15;1-2-3-4/h1-2,5-6,8,12-13H,3-4H2,(H,10,14,15);2H,1,3-4H2/t5-,6+,8+;/m0./s1. The summed E-state index contributed by atoms with van der Waals surface area (Å²) in [6, 6.07) is 1.20. The van der Waals surface area contributed by atoms with Crippen LogP contribution in [0.3, 0.4) is 0 Å². The molecule has 2 heterocycles. The van der Waals surface area contributed by atoms with Crippen molar-refractivity contribution in [1.29, 1.82) is 0 Å². The van der Waals surface area contributed by atoms with Gasteiger partial charge in [-0.1, -0.05) is 6.08 Å². The molecule has 8 nitrogen and oxygen atoms in total. The van der Waals surface area contributed by atoms with E-state index in [-0.39, 0.29) is 13.0 Å². The summed E-state index contributed by atoms with van der Waals surface area (Å²) in [5.41, 5.74) is 3.83. The minimum atomic E-state index is -0.811. The van der Waals surface area contributed by atoms with Crippen LogP contribution in [0.25, 0.3) is 0 Å². The summed E-state index contributed by atoms with van der Waals surface area (Å²) in [5, 5.41) is 18.4. The van der Waals surface area contributed by atoms with Gasteiger partial charge in [0.1, 0.15) is 12.3 Å². The first-order valence-corrected chi connectivity index (χ1v) is 6.10. The minimum Gasteiger partial charge on any atom is -0.394 e. The number of nitrogens with zero attached hydrogens (tertiary/aromatic N) is 1. The second kappa shape index (κ2) is 7.75. The lowest BCUT2D eigenvalue weighted by Gasteiger charge is -2.13. The van der Waals surface area contributed by atoms with E-state index in [1.165, 1.54) is 16.8 Å². The Morgan fingerprint density at radius 3 is 2.70 bits per heavy atom. The van der Waals surface area contributed by atoms with E-state index in [0.29, 0.717) is 6.54 Å². The molecular formula is C12H19N3O5. The number of hydrogen-bond donors (Lipinski definition) is 4. The Morgan fingerprint density at radius 1 is 1.60 bits per heavy atom. The second-order valence-corrected chi connectivity index (χ2v) is 4.16. The zero-order valence-corrected chi connectivity index (χ0v) is 10.9. The number of aliphatic hydroxyl groups excluding tert-OH is 2. The monoisotopic (exact) mass is 285 g/mol. The molecule has 1 aliphatic rings. The Kier molecular flexibility index (Phi) is 6.32. The van der Waals surface area contributed by atoms with Crippen molar-refractivity contribution < 1.29 is 14.9 Å². The number of rotatable bonds is 3. The summed E-state index contributed by atoms with van der Waals surface area (Å²) in [4.78, 5) is 24.3. The molecule has 0 unspecified atom stereocenters. The number of ether oxygens (including phenoxy) is 1. The third-order valence-corrected chi connectivity index (χ3v) is 2.71. The summed E-state index contributed by atoms with van der Waals surface area (Å²) in [7, 11) is 0. The van der Waals surface area contributed by atoms with Gasteiger partial charge in [0.15, 0.2) is 0 Å². The summed E-state index contributed by atoms with van der Waals surface area (Å²) < 4.78 is 6.45. The Labute approximate surface area is 115 Å². The van der Waals surface area contributed by atoms with Gasteiger partial charge in [-0.3, -0.25) is 14.3 Å². The van der Waals surface area contributed by atoms with Gasteiger partial charge in [0.05, 0.1) is 12.7 Å². The van der Waals surface area contributed by atoms with Crippen LogP contribution in [-0.4, -0.2) is 45.1 Å². The smallest absolute Gasteiger partial charge is 0.330 e. The van der Waals surface area contributed by atoms with Crippen LogP contribution < -0.4 is 17.0 Å². The minimum absolute atomic E-state index is 0.206. The summed E-state index contributed by atoms with van der Waals surface area (Å²) in [5.74, 6) is 0. The van der Waals surface area contributed by atoms with E-state index in [1.54, 1.807) is 6.08 Å². The molecule has 0 radical (unpaired) electrons. The zero-order valence-electron chi connectivity index (χ0n) is 10.9. The van der Waals surface area contributed by atoms with Crippen LogP contribution in [0.1, 0.15) is 12.6 Å². The number of nitrogens with two attached hydrogens (primary N) is 1. The highest BCUT2D eigenvalue weighted by atomic mass is 16.5. The van der Waals surface area contributed by atoms with E-state index in [9.17, 15) is 14.7 Å². The van der Waals surface area contributed by atoms with Gasteiger partial charge in [0, 0.05) is 25.2 Å². The molecule has 0 saturated carbocycles. The van der Waals surface area contributed by atoms with Crippen molar-refractivity contribution in [2.45, 2.75) is 24.9 Å². The molecule has 112 valence electrons. The topological polar surface area (TPSA) is 131 Å². The van der Waals surface area contributed by atoms with Gasteiger partial charge < -0.3 is 20.7 Å². The molecule has 0 bridgehead atoms. The number of aliphatic hydroxyl groups is 2. The van der Waals surface area contributed by atoms with Crippen molar-refractivity contribution in [1.82, 2.24) is 9.55 Å². The third kappa shape index (κ3) is 4.14. The number of aromatic nitrogens is 2. The van der Waals surface area contributed by atoms with Crippen molar-refractivity contribution in [2.24, 2.45) is 5.73 Å². The molecule has 8 heteroatoms. The van der Waals surface area contributed by atoms with Gasteiger partial charge in [-0.05, 0) is 0 Å². The van der Waals surface area contributed by atoms with E-state index in [4.69, 9.17) is 15.6 Å². The highest BCUT2D eigenvalue weighted by Crippen LogP contribution is 2.26. The van der Waals surface area contributed by atoms with Crippen LogP contribution in [-0.2, 0) is 4.74 Å². The molecule has 1 fully saturated rings. The summed E-state index contributed by atoms with van der Waals surface area (Å²) >= 11 is 0. The van der Waals surface area contributed by atoms with Crippen LogP contribution in [0.15, 0.2) is 34.5 Å². The lowest BCUT2D eigenvalue weighted by atomic mass is 10.2. The van der Waals surface area contributed by atoms with Gasteiger partial charge in [-0.25, -0.2) is 4.79 Å². The molecule has 5 N–H and O–H groups in total. The van der Waals surface area contributed by atoms with Crippen LogP contribution in [0, 0.1) is 0 Å². The second-order valence-electron chi connectivity index (χ2n) is 4.16. The van der Waals surface area contributed by atoms with Crippen molar-refractivity contribution in [3.05, 3.63) is 45.8 Å². The molecule has 20 heavy (non-hydrogen) atoms. The molecule has 0 aliphatic carbocycles. The molecule has 0 amide bonds. The maximum absolute atomic E-state index is 11.4.